The lowest BCUT2D eigenvalue weighted by atomic mass is 9.99. The average molecular weight is 373 g/mol. The van der Waals surface area contributed by atoms with Crippen LogP contribution >= 0.6 is 0 Å². The summed E-state index contributed by atoms with van der Waals surface area (Å²) in [4.78, 5) is 29.6. The number of aryl methyl sites for hydroxylation is 1. The number of amides is 2. The first-order chi connectivity index (χ1) is 12.7. The van der Waals surface area contributed by atoms with E-state index in [0.29, 0.717) is 6.42 Å². The van der Waals surface area contributed by atoms with Crippen molar-refractivity contribution in [2.24, 2.45) is 0 Å². The van der Waals surface area contributed by atoms with Gasteiger partial charge in [0.15, 0.2) is 0 Å². The van der Waals surface area contributed by atoms with Crippen LogP contribution in [0.5, 0.6) is 0 Å². The van der Waals surface area contributed by atoms with E-state index in [0.717, 1.165) is 30.6 Å². The molecule has 0 saturated carbocycles. The molecule has 148 valence electrons. The summed E-state index contributed by atoms with van der Waals surface area (Å²) in [6.45, 7) is 8.49. The van der Waals surface area contributed by atoms with Gasteiger partial charge in [-0.1, -0.05) is 12.1 Å². The van der Waals surface area contributed by atoms with Crippen LogP contribution in [0, 0.1) is 6.92 Å². The Morgan fingerprint density at radius 2 is 2.04 bits per heavy atom. The summed E-state index contributed by atoms with van der Waals surface area (Å²) in [7, 11) is 1.78. The SMILES string of the molecule is Cc1cccc(N(C)C(=O)C2CC3NCCCC3N2C(=O)OC(C)(C)C)c1. The Kier molecular flexibility index (Phi) is 5.47. The number of carbonyl (C=O) groups excluding carboxylic acids is 2. The third-order valence-electron chi connectivity index (χ3n) is 5.33. The maximum atomic E-state index is 13.3. The molecule has 0 radical (unpaired) electrons. The first-order valence-electron chi connectivity index (χ1n) is 9.76. The molecule has 2 aliphatic heterocycles. The van der Waals surface area contributed by atoms with E-state index in [1.807, 2.05) is 52.0 Å². The molecule has 6 nitrogen and oxygen atoms in total. The van der Waals surface area contributed by atoms with Gasteiger partial charge in [0.25, 0.3) is 0 Å². The largest absolute Gasteiger partial charge is 0.444 e. The van der Waals surface area contributed by atoms with Crippen molar-refractivity contribution in [1.29, 1.82) is 0 Å². The van der Waals surface area contributed by atoms with Crippen LogP contribution in [-0.2, 0) is 9.53 Å². The predicted molar refractivity (Wildman–Crippen MR) is 106 cm³/mol. The maximum absolute atomic E-state index is 13.3. The van der Waals surface area contributed by atoms with Crippen LogP contribution in [0.15, 0.2) is 24.3 Å². The van der Waals surface area contributed by atoms with E-state index in [2.05, 4.69) is 5.32 Å². The summed E-state index contributed by atoms with van der Waals surface area (Å²) in [5, 5.41) is 3.48. The second-order valence-electron chi connectivity index (χ2n) is 8.65. The van der Waals surface area contributed by atoms with Gasteiger partial charge in [-0.25, -0.2) is 4.79 Å². The van der Waals surface area contributed by atoms with Gasteiger partial charge in [-0.2, -0.15) is 0 Å². The quantitative estimate of drug-likeness (QED) is 0.865. The molecule has 0 aliphatic carbocycles. The molecule has 3 unspecified atom stereocenters. The van der Waals surface area contributed by atoms with E-state index in [-0.39, 0.29) is 18.0 Å². The van der Waals surface area contributed by atoms with E-state index in [9.17, 15) is 9.59 Å². The normalized spacial score (nSPS) is 25.1. The Morgan fingerprint density at radius 3 is 2.70 bits per heavy atom. The summed E-state index contributed by atoms with van der Waals surface area (Å²) in [6, 6.07) is 7.49. The zero-order chi connectivity index (χ0) is 19.8. The highest BCUT2D eigenvalue weighted by Crippen LogP contribution is 2.33. The van der Waals surface area contributed by atoms with Gasteiger partial charge in [0, 0.05) is 18.8 Å². The topological polar surface area (TPSA) is 61.9 Å². The van der Waals surface area contributed by atoms with Gasteiger partial charge in [0.1, 0.15) is 11.6 Å². The zero-order valence-electron chi connectivity index (χ0n) is 17.0. The summed E-state index contributed by atoms with van der Waals surface area (Å²) in [6.07, 6.45) is 2.12. The molecular formula is C21H31N3O3. The van der Waals surface area contributed by atoms with E-state index < -0.39 is 17.7 Å². The fourth-order valence-electron chi connectivity index (χ4n) is 4.08. The van der Waals surface area contributed by atoms with Gasteiger partial charge in [-0.05, 0) is 71.2 Å². The van der Waals surface area contributed by atoms with Crippen molar-refractivity contribution in [3.63, 3.8) is 0 Å². The van der Waals surface area contributed by atoms with Crippen molar-refractivity contribution >= 4 is 17.7 Å². The number of nitrogens with one attached hydrogen (secondary N) is 1. The van der Waals surface area contributed by atoms with Gasteiger partial charge in [-0.3, -0.25) is 9.69 Å². The van der Waals surface area contributed by atoms with Crippen LogP contribution in [0.3, 0.4) is 0 Å². The van der Waals surface area contributed by atoms with Crippen LogP contribution in [0.4, 0.5) is 10.5 Å². The standard InChI is InChI=1S/C21H31N3O3/c1-14-8-6-9-15(12-14)23(5)19(25)18-13-16-17(10-7-11-22-16)24(18)20(26)27-21(2,3)4/h6,8-9,12,16-18,22H,7,10-11,13H2,1-5H3. The molecule has 2 aliphatic rings. The second kappa shape index (κ2) is 7.50. The van der Waals surface area contributed by atoms with Gasteiger partial charge >= 0.3 is 6.09 Å². The monoisotopic (exact) mass is 373 g/mol. The number of rotatable bonds is 2. The third kappa shape index (κ3) is 4.26. The van der Waals surface area contributed by atoms with Crippen LogP contribution in [0.25, 0.3) is 0 Å². The van der Waals surface area contributed by atoms with E-state index in [1.54, 1.807) is 16.8 Å². The van der Waals surface area contributed by atoms with Crippen molar-refractivity contribution in [3.8, 4) is 0 Å². The molecule has 0 aromatic heterocycles. The van der Waals surface area contributed by atoms with Gasteiger partial charge < -0.3 is 15.0 Å². The Hall–Kier alpha value is -2.08. The molecule has 27 heavy (non-hydrogen) atoms. The number of likely N-dealkylation sites (N-methyl/N-ethyl adjacent to an activating group) is 1. The van der Waals surface area contributed by atoms with Gasteiger partial charge in [0.05, 0.1) is 6.04 Å². The number of anilines is 1. The molecule has 2 amide bonds. The summed E-state index contributed by atoms with van der Waals surface area (Å²) >= 11 is 0. The van der Waals surface area contributed by atoms with E-state index >= 15 is 0 Å². The number of nitrogens with zero attached hydrogens (tertiary/aromatic N) is 2. The minimum Gasteiger partial charge on any atom is -0.444 e. The molecular weight excluding hydrogens is 342 g/mol. The Labute approximate surface area is 161 Å². The summed E-state index contributed by atoms with van der Waals surface area (Å²) < 4.78 is 5.64. The third-order valence-corrected chi connectivity index (χ3v) is 5.33. The van der Waals surface area contributed by atoms with Gasteiger partial charge in [-0.15, -0.1) is 0 Å². The molecule has 1 N–H and O–H groups in total. The van der Waals surface area contributed by atoms with E-state index in [1.165, 1.54) is 0 Å². The van der Waals surface area contributed by atoms with Crippen LogP contribution in [0.2, 0.25) is 0 Å². The molecule has 2 saturated heterocycles. The minimum atomic E-state index is -0.590. The highest BCUT2D eigenvalue weighted by molar-refractivity contribution is 5.98. The highest BCUT2D eigenvalue weighted by atomic mass is 16.6. The molecule has 3 atom stereocenters. The molecule has 1 aromatic carbocycles. The van der Waals surface area contributed by atoms with Crippen molar-refractivity contribution in [1.82, 2.24) is 10.2 Å². The molecule has 1 aromatic rings. The van der Waals surface area contributed by atoms with E-state index in [4.69, 9.17) is 4.74 Å². The fraction of sp³-hybridized carbons (Fsp3) is 0.619. The van der Waals surface area contributed by atoms with Crippen molar-refractivity contribution in [2.45, 2.75) is 70.7 Å². The zero-order valence-corrected chi connectivity index (χ0v) is 17.0. The Balaban J connectivity index is 1.86. The van der Waals surface area contributed by atoms with Crippen LogP contribution in [-0.4, -0.2) is 54.2 Å². The van der Waals surface area contributed by atoms with Crippen LogP contribution in [0.1, 0.15) is 45.6 Å². The van der Waals surface area contributed by atoms with Crippen molar-refractivity contribution in [3.05, 3.63) is 29.8 Å². The molecule has 0 bridgehead atoms. The predicted octanol–water partition coefficient (Wildman–Crippen LogP) is 3.09. The van der Waals surface area contributed by atoms with Crippen LogP contribution < -0.4 is 10.2 Å². The maximum Gasteiger partial charge on any atom is 0.411 e. The Bertz CT molecular complexity index is 713. The molecule has 6 heteroatoms. The Morgan fingerprint density at radius 1 is 1.30 bits per heavy atom. The lowest BCUT2D eigenvalue weighted by Crippen LogP contribution is -2.53. The lowest BCUT2D eigenvalue weighted by molar-refractivity contribution is -0.123. The first-order valence-corrected chi connectivity index (χ1v) is 9.76. The molecule has 2 heterocycles. The fourth-order valence-corrected chi connectivity index (χ4v) is 4.08. The minimum absolute atomic E-state index is 0.00783. The second-order valence-corrected chi connectivity index (χ2v) is 8.65. The van der Waals surface area contributed by atoms with Crippen molar-refractivity contribution in [2.75, 3.05) is 18.5 Å². The molecule has 0 spiro atoms. The number of piperidine rings is 1. The first kappa shape index (κ1) is 19.7. The van der Waals surface area contributed by atoms with Crippen molar-refractivity contribution < 1.29 is 14.3 Å². The number of hydrogen-bond acceptors (Lipinski definition) is 4. The number of hydrogen-bond donors (Lipinski definition) is 1. The number of carbonyl (C=O) groups is 2. The highest BCUT2D eigenvalue weighted by Gasteiger charge is 2.49. The number of ether oxygens (including phenoxy) is 1. The lowest BCUT2D eigenvalue weighted by Gasteiger charge is -2.35. The molecule has 3 rings (SSSR count). The molecule has 2 fully saturated rings. The summed E-state index contributed by atoms with van der Waals surface area (Å²) in [5.41, 5.74) is 1.35. The van der Waals surface area contributed by atoms with Gasteiger partial charge in [0.2, 0.25) is 5.91 Å². The number of benzene rings is 1. The number of likely N-dealkylation sites (tertiary alicyclic amines) is 1. The number of fused-ring (bicyclic) bond motifs is 1. The summed E-state index contributed by atoms with van der Waals surface area (Å²) in [5.74, 6) is -0.0670. The smallest absolute Gasteiger partial charge is 0.411 e. The average Bonchev–Trinajstić information content (AvgIpc) is 2.98.